The van der Waals surface area contributed by atoms with E-state index in [1.54, 1.807) is 11.3 Å². The van der Waals surface area contributed by atoms with Crippen molar-refractivity contribution in [2.24, 2.45) is 0 Å². The highest BCUT2D eigenvalue weighted by atomic mass is 32.1. The van der Waals surface area contributed by atoms with Gasteiger partial charge in [-0.3, -0.25) is 10.1 Å². The Morgan fingerprint density at radius 1 is 1.43 bits per heavy atom. The van der Waals surface area contributed by atoms with Crippen molar-refractivity contribution in [1.29, 1.82) is 0 Å². The fourth-order valence-corrected chi connectivity index (χ4v) is 3.64. The molecule has 2 aromatic rings. The molecule has 1 aliphatic heterocycles. The molecule has 0 unspecified atom stereocenters. The second-order valence-corrected chi connectivity index (χ2v) is 6.78. The number of para-hydroxylation sites is 1. The molecule has 1 amide bonds. The molecule has 2 heterocycles. The number of benzene rings is 1. The number of rotatable bonds is 5. The number of thiazole rings is 1. The van der Waals surface area contributed by atoms with Crippen molar-refractivity contribution in [3.63, 3.8) is 0 Å². The number of nitrogens with zero attached hydrogens (tertiary/aromatic N) is 2. The van der Waals surface area contributed by atoms with Gasteiger partial charge in [-0.2, -0.15) is 0 Å². The summed E-state index contributed by atoms with van der Waals surface area (Å²) < 4.78 is 5.77. The van der Waals surface area contributed by atoms with Crippen molar-refractivity contribution in [1.82, 2.24) is 9.88 Å². The second-order valence-electron chi connectivity index (χ2n) is 5.69. The number of amides is 1. The van der Waals surface area contributed by atoms with Crippen LogP contribution in [0.2, 0.25) is 0 Å². The lowest BCUT2D eigenvalue weighted by Crippen LogP contribution is -2.32. The van der Waals surface area contributed by atoms with Crippen LogP contribution in [-0.2, 0) is 17.8 Å². The first-order valence-corrected chi connectivity index (χ1v) is 8.67. The summed E-state index contributed by atoms with van der Waals surface area (Å²) in [6.07, 6.45) is 1.03. The molecule has 0 fully saturated rings. The minimum absolute atomic E-state index is 0.143. The Morgan fingerprint density at radius 3 is 2.96 bits per heavy atom. The number of aromatic nitrogens is 1. The van der Waals surface area contributed by atoms with E-state index in [1.807, 2.05) is 37.3 Å². The summed E-state index contributed by atoms with van der Waals surface area (Å²) in [5.74, 6) is 0.561. The van der Waals surface area contributed by atoms with Crippen molar-refractivity contribution in [2.75, 3.05) is 18.9 Å². The highest BCUT2D eigenvalue weighted by Crippen LogP contribution is 2.28. The van der Waals surface area contributed by atoms with Crippen LogP contribution < -0.4 is 10.1 Å². The van der Waals surface area contributed by atoms with E-state index in [2.05, 4.69) is 22.2 Å². The van der Waals surface area contributed by atoms with E-state index in [1.165, 1.54) is 4.88 Å². The van der Waals surface area contributed by atoms with E-state index in [9.17, 15) is 4.79 Å². The van der Waals surface area contributed by atoms with Gasteiger partial charge in [0.25, 0.3) is 5.91 Å². The third-order valence-corrected chi connectivity index (χ3v) is 4.83. The summed E-state index contributed by atoms with van der Waals surface area (Å²) >= 11 is 1.56. The van der Waals surface area contributed by atoms with Gasteiger partial charge >= 0.3 is 0 Å². The largest absolute Gasteiger partial charge is 0.481 e. The van der Waals surface area contributed by atoms with E-state index < -0.39 is 6.10 Å². The molecular formula is C17H21N3O2S. The van der Waals surface area contributed by atoms with Crippen molar-refractivity contribution >= 4 is 22.4 Å². The number of hydrogen-bond acceptors (Lipinski definition) is 5. The molecule has 122 valence electrons. The Balaban J connectivity index is 1.65. The van der Waals surface area contributed by atoms with Gasteiger partial charge in [0.05, 0.1) is 5.69 Å². The predicted octanol–water partition coefficient (Wildman–Crippen LogP) is 2.93. The van der Waals surface area contributed by atoms with Crippen LogP contribution in [0.5, 0.6) is 5.75 Å². The molecule has 0 radical (unpaired) electrons. The normalized spacial score (nSPS) is 15.7. The first kappa shape index (κ1) is 16.0. The zero-order valence-electron chi connectivity index (χ0n) is 13.4. The first-order chi connectivity index (χ1) is 11.2. The summed E-state index contributed by atoms with van der Waals surface area (Å²) in [7, 11) is 2.10. The topological polar surface area (TPSA) is 54.5 Å². The number of carbonyl (C=O) groups is 1. The lowest BCUT2D eigenvalue weighted by molar-refractivity contribution is -0.122. The summed E-state index contributed by atoms with van der Waals surface area (Å²) in [4.78, 5) is 20.5. The molecule has 3 rings (SSSR count). The third-order valence-electron chi connectivity index (χ3n) is 3.84. The summed E-state index contributed by atoms with van der Waals surface area (Å²) in [5.41, 5.74) is 1.11. The number of likely N-dealkylation sites (N-methyl/N-ethyl adjacent to an activating group) is 1. The van der Waals surface area contributed by atoms with Crippen LogP contribution in [0.15, 0.2) is 30.3 Å². The molecule has 6 heteroatoms. The summed E-state index contributed by atoms with van der Waals surface area (Å²) in [6, 6.07) is 9.42. The number of nitrogens with one attached hydrogen (secondary N) is 1. The van der Waals surface area contributed by atoms with E-state index in [0.29, 0.717) is 17.3 Å². The van der Waals surface area contributed by atoms with E-state index in [4.69, 9.17) is 4.74 Å². The molecule has 1 N–H and O–H groups in total. The van der Waals surface area contributed by atoms with Gasteiger partial charge in [0.15, 0.2) is 11.2 Å². The molecule has 0 bridgehead atoms. The molecule has 23 heavy (non-hydrogen) atoms. The third kappa shape index (κ3) is 3.89. The van der Waals surface area contributed by atoms with E-state index in [0.717, 1.165) is 25.2 Å². The Labute approximate surface area is 140 Å². The zero-order valence-corrected chi connectivity index (χ0v) is 14.2. The van der Waals surface area contributed by atoms with Gasteiger partial charge in [-0.05, 0) is 25.6 Å². The number of carbonyl (C=O) groups excluding carboxylic acids is 1. The number of anilines is 1. The quantitative estimate of drug-likeness (QED) is 0.915. The SMILES string of the molecule is CC[C@H](Oc1ccccc1)C(=O)Nc1nc2c(s1)CN(C)CC2. The molecule has 5 nitrogen and oxygen atoms in total. The summed E-state index contributed by atoms with van der Waals surface area (Å²) in [5, 5.41) is 3.58. The fraction of sp³-hybridized carbons (Fsp3) is 0.412. The molecule has 0 aliphatic carbocycles. The molecule has 1 aliphatic rings. The maximum absolute atomic E-state index is 12.4. The number of hydrogen-bond donors (Lipinski definition) is 1. The highest BCUT2D eigenvalue weighted by Gasteiger charge is 2.22. The molecule has 0 spiro atoms. The van der Waals surface area contributed by atoms with Gasteiger partial charge in [0, 0.05) is 24.4 Å². The zero-order chi connectivity index (χ0) is 16.2. The average molecular weight is 331 g/mol. The smallest absolute Gasteiger partial charge is 0.267 e. The number of ether oxygens (including phenoxy) is 1. The summed E-state index contributed by atoms with van der Waals surface area (Å²) in [6.45, 7) is 3.86. The van der Waals surface area contributed by atoms with Crippen molar-refractivity contribution in [3.05, 3.63) is 40.9 Å². The van der Waals surface area contributed by atoms with Crippen LogP contribution in [0.3, 0.4) is 0 Å². The van der Waals surface area contributed by atoms with Gasteiger partial charge in [-0.15, -0.1) is 11.3 Å². The van der Waals surface area contributed by atoms with Gasteiger partial charge in [0.1, 0.15) is 5.75 Å². The molecule has 0 saturated heterocycles. The maximum atomic E-state index is 12.4. The highest BCUT2D eigenvalue weighted by molar-refractivity contribution is 7.15. The van der Waals surface area contributed by atoms with Crippen LogP contribution in [-0.4, -0.2) is 35.5 Å². The lowest BCUT2D eigenvalue weighted by Gasteiger charge is -2.20. The van der Waals surface area contributed by atoms with Crippen LogP contribution in [0.4, 0.5) is 5.13 Å². The minimum Gasteiger partial charge on any atom is -0.481 e. The van der Waals surface area contributed by atoms with E-state index >= 15 is 0 Å². The second kappa shape index (κ2) is 7.10. The van der Waals surface area contributed by atoms with Crippen molar-refractivity contribution in [3.8, 4) is 5.75 Å². The molecule has 0 saturated carbocycles. The van der Waals surface area contributed by atoms with Gasteiger partial charge < -0.3 is 9.64 Å². The average Bonchev–Trinajstić information content (AvgIpc) is 2.94. The van der Waals surface area contributed by atoms with Crippen LogP contribution >= 0.6 is 11.3 Å². The predicted molar refractivity (Wildman–Crippen MR) is 91.9 cm³/mol. The Kier molecular flexibility index (Phi) is 4.93. The molecule has 1 atom stereocenters. The van der Waals surface area contributed by atoms with Crippen LogP contribution in [0, 0.1) is 0 Å². The standard InChI is InChI=1S/C17H21N3O2S/c1-3-14(22-12-7-5-4-6-8-12)16(21)19-17-18-13-9-10-20(2)11-15(13)23-17/h4-8,14H,3,9-11H2,1-2H3,(H,18,19,21)/t14-/m0/s1. The monoisotopic (exact) mass is 331 g/mol. The minimum atomic E-state index is -0.513. The maximum Gasteiger partial charge on any atom is 0.267 e. The fourth-order valence-electron chi connectivity index (χ4n) is 2.55. The van der Waals surface area contributed by atoms with Crippen molar-refractivity contribution in [2.45, 2.75) is 32.4 Å². The Morgan fingerprint density at radius 2 is 2.22 bits per heavy atom. The molecule has 1 aromatic carbocycles. The van der Waals surface area contributed by atoms with Crippen LogP contribution in [0.1, 0.15) is 23.9 Å². The van der Waals surface area contributed by atoms with Gasteiger partial charge in [-0.1, -0.05) is 25.1 Å². The number of fused-ring (bicyclic) bond motifs is 1. The van der Waals surface area contributed by atoms with Gasteiger partial charge in [0.2, 0.25) is 0 Å². The van der Waals surface area contributed by atoms with E-state index in [-0.39, 0.29) is 5.91 Å². The Bertz CT molecular complexity index is 672. The lowest BCUT2D eigenvalue weighted by atomic mass is 10.2. The van der Waals surface area contributed by atoms with Gasteiger partial charge in [-0.25, -0.2) is 4.98 Å². The molecular weight excluding hydrogens is 310 g/mol. The van der Waals surface area contributed by atoms with Crippen molar-refractivity contribution < 1.29 is 9.53 Å². The Hall–Kier alpha value is -1.92. The van der Waals surface area contributed by atoms with Crippen LogP contribution in [0.25, 0.3) is 0 Å². The first-order valence-electron chi connectivity index (χ1n) is 7.85. The molecule has 1 aromatic heterocycles.